The quantitative estimate of drug-likeness (QED) is 0.916. The van der Waals surface area contributed by atoms with Gasteiger partial charge >= 0.3 is 0 Å². The van der Waals surface area contributed by atoms with E-state index in [2.05, 4.69) is 27.3 Å². The lowest BCUT2D eigenvalue weighted by molar-refractivity contribution is 0.359. The van der Waals surface area contributed by atoms with Crippen LogP contribution in [0, 0.1) is 11.3 Å². The summed E-state index contributed by atoms with van der Waals surface area (Å²) in [7, 11) is 0. The van der Waals surface area contributed by atoms with Gasteiger partial charge in [0.05, 0.1) is 6.07 Å². The summed E-state index contributed by atoms with van der Waals surface area (Å²) in [4.78, 5) is 0. The molecule has 1 aromatic carbocycles. The average molecular weight is 293 g/mol. The van der Waals surface area contributed by atoms with Gasteiger partial charge in [-0.25, -0.2) is 0 Å². The van der Waals surface area contributed by atoms with Crippen molar-refractivity contribution < 1.29 is 0 Å². The monoisotopic (exact) mass is 292 g/mol. The largest absolute Gasteiger partial charge is 0.295 e. The van der Waals surface area contributed by atoms with Crippen molar-refractivity contribution in [1.29, 1.82) is 5.26 Å². The van der Waals surface area contributed by atoms with Gasteiger partial charge in [0.1, 0.15) is 6.04 Å². The Hall–Kier alpha value is -0.850. The predicted molar refractivity (Wildman–Crippen MR) is 72.5 cm³/mol. The molecule has 0 aromatic heterocycles. The molecule has 3 heteroatoms. The average Bonchev–Trinajstić information content (AvgIpc) is 2.38. The number of rotatable bonds is 3. The highest BCUT2D eigenvalue weighted by Gasteiger charge is 2.19. The van der Waals surface area contributed by atoms with Crippen molar-refractivity contribution in [2.24, 2.45) is 0 Å². The van der Waals surface area contributed by atoms with Crippen molar-refractivity contribution in [3.8, 4) is 6.07 Å². The second kappa shape index (κ2) is 6.18. The molecule has 17 heavy (non-hydrogen) atoms. The van der Waals surface area contributed by atoms with E-state index in [4.69, 9.17) is 0 Å². The van der Waals surface area contributed by atoms with Gasteiger partial charge in [-0.05, 0) is 24.5 Å². The standard InChI is InChI=1S/C14H17BrN2/c15-13-9-5-4-8-12(13)14(10-16)17-11-6-2-1-3-7-11/h4-5,8-9,11,14,17H,1-3,6-7H2. The van der Waals surface area contributed by atoms with Gasteiger partial charge in [-0.1, -0.05) is 53.4 Å². The highest BCUT2D eigenvalue weighted by atomic mass is 79.9. The number of hydrogen-bond donors (Lipinski definition) is 1. The van der Waals surface area contributed by atoms with Crippen LogP contribution in [0.3, 0.4) is 0 Å². The van der Waals surface area contributed by atoms with Crippen LogP contribution >= 0.6 is 15.9 Å². The van der Waals surface area contributed by atoms with Crippen molar-refractivity contribution in [1.82, 2.24) is 5.32 Å². The van der Waals surface area contributed by atoms with Crippen LogP contribution in [0.2, 0.25) is 0 Å². The molecule has 90 valence electrons. The van der Waals surface area contributed by atoms with Gasteiger partial charge < -0.3 is 0 Å². The Morgan fingerprint density at radius 3 is 2.59 bits per heavy atom. The van der Waals surface area contributed by atoms with Gasteiger partial charge in [-0.15, -0.1) is 0 Å². The molecule has 2 rings (SSSR count). The molecule has 1 saturated carbocycles. The van der Waals surface area contributed by atoms with E-state index in [-0.39, 0.29) is 6.04 Å². The second-order valence-electron chi connectivity index (χ2n) is 4.59. The minimum absolute atomic E-state index is 0.200. The Labute approximate surface area is 111 Å². The maximum atomic E-state index is 9.30. The van der Waals surface area contributed by atoms with E-state index in [0.29, 0.717) is 6.04 Å². The van der Waals surface area contributed by atoms with E-state index in [1.165, 1.54) is 32.1 Å². The summed E-state index contributed by atoms with van der Waals surface area (Å²) in [6.07, 6.45) is 6.30. The van der Waals surface area contributed by atoms with E-state index >= 15 is 0 Å². The van der Waals surface area contributed by atoms with Crippen molar-refractivity contribution >= 4 is 15.9 Å². The van der Waals surface area contributed by atoms with Crippen LogP contribution in [0.25, 0.3) is 0 Å². The van der Waals surface area contributed by atoms with Crippen molar-refractivity contribution in [2.45, 2.75) is 44.2 Å². The van der Waals surface area contributed by atoms with Crippen LogP contribution in [0.15, 0.2) is 28.7 Å². The predicted octanol–water partition coefficient (Wildman–Crippen LogP) is 3.94. The first-order valence-electron chi connectivity index (χ1n) is 6.21. The molecule has 1 aliphatic carbocycles. The normalized spacial score (nSPS) is 18.6. The zero-order chi connectivity index (χ0) is 12.1. The minimum atomic E-state index is -0.200. The summed E-state index contributed by atoms with van der Waals surface area (Å²) in [5, 5.41) is 12.8. The van der Waals surface area contributed by atoms with Gasteiger partial charge in [0.2, 0.25) is 0 Å². The first-order chi connectivity index (χ1) is 8.31. The third-order valence-corrected chi connectivity index (χ3v) is 4.08. The second-order valence-corrected chi connectivity index (χ2v) is 5.44. The van der Waals surface area contributed by atoms with Crippen LogP contribution in [0.1, 0.15) is 43.7 Å². The molecule has 0 aliphatic heterocycles. The van der Waals surface area contributed by atoms with Gasteiger partial charge in [0, 0.05) is 10.5 Å². The molecule has 0 saturated heterocycles. The summed E-state index contributed by atoms with van der Waals surface area (Å²) < 4.78 is 1.01. The van der Waals surface area contributed by atoms with Crippen LogP contribution in [-0.2, 0) is 0 Å². The Morgan fingerprint density at radius 1 is 1.24 bits per heavy atom. The fraction of sp³-hybridized carbons (Fsp3) is 0.500. The summed E-state index contributed by atoms with van der Waals surface area (Å²) in [6, 6.07) is 10.6. The maximum absolute atomic E-state index is 9.30. The third kappa shape index (κ3) is 3.31. The summed E-state index contributed by atoms with van der Waals surface area (Å²) >= 11 is 3.51. The number of benzene rings is 1. The summed E-state index contributed by atoms with van der Waals surface area (Å²) in [5.41, 5.74) is 1.04. The minimum Gasteiger partial charge on any atom is -0.295 e. The molecule has 1 aromatic rings. The molecule has 1 unspecified atom stereocenters. The lowest BCUT2D eigenvalue weighted by Crippen LogP contribution is -2.33. The van der Waals surface area contributed by atoms with E-state index in [0.717, 1.165) is 10.0 Å². The van der Waals surface area contributed by atoms with Crippen LogP contribution in [0.5, 0.6) is 0 Å². The summed E-state index contributed by atoms with van der Waals surface area (Å²) in [5.74, 6) is 0. The molecule has 1 aliphatic rings. The number of nitrogens with one attached hydrogen (secondary N) is 1. The number of nitriles is 1. The smallest absolute Gasteiger partial charge is 0.122 e. The fourth-order valence-corrected chi connectivity index (χ4v) is 2.92. The Bertz CT molecular complexity index is 405. The molecule has 2 nitrogen and oxygen atoms in total. The van der Waals surface area contributed by atoms with E-state index in [1.807, 2.05) is 24.3 Å². The number of halogens is 1. The molecule has 1 fully saturated rings. The van der Waals surface area contributed by atoms with Gasteiger partial charge in [0.15, 0.2) is 0 Å². The molecule has 0 radical (unpaired) electrons. The van der Waals surface area contributed by atoms with Gasteiger partial charge in [-0.2, -0.15) is 5.26 Å². The Balaban J connectivity index is 2.06. The van der Waals surface area contributed by atoms with Crippen LogP contribution < -0.4 is 5.32 Å². The van der Waals surface area contributed by atoms with Crippen molar-refractivity contribution in [2.75, 3.05) is 0 Å². The molecule has 0 spiro atoms. The highest BCUT2D eigenvalue weighted by Crippen LogP contribution is 2.25. The molecule has 0 bridgehead atoms. The Morgan fingerprint density at radius 2 is 1.94 bits per heavy atom. The van der Waals surface area contributed by atoms with Crippen molar-refractivity contribution in [3.63, 3.8) is 0 Å². The molecule has 0 amide bonds. The first-order valence-corrected chi connectivity index (χ1v) is 7.00. The number of nitrogens with zero attached hydrogens (tertiary/aromatic N) is 1. The lowest BCUT2D eigenvalue weighted by atomic mass is 9.94. The van der Waals surface area contributed by atoms with Gasteiger partial charge in [0.25, 0.3) is 0 Å². The van der Waals surface area contributed by atoms with Crippen molar-refractivity contribution in [3.05, 3.63) is 34.3 Å². The fourth-order valence-electron chi connectivity index (χ4n) is 2.41. The molecule has 1 atom stereocenters. The van der Waals surface area contributed by atoms with E-state index < -0.39 is 0 Å². The molecular weight excluding hydrogens is 276 g/mol. The molecule has 0 heterocycles. The first kappa shape index (κ1) is 12.6. The maximum Gasteiger partial charge on any atom is 0.122 e. The molecule has 1 N–H and O–H groups in total. The SMILES string of the molecule is N#CC(NC1CCCCC1)c1ccccc1Br. The van der Waals surface area contributed by atoms with Crippen LogP contribution in [0.4, 0.5) is 0 Å². The highest BCUT2D eigenvalue weighted by molar-refractivity contribution is 9.10. The topological polar surface area (TPSA) is 35.8 Å². The lowest BCUT2D eigenvalue weighted by Gasteiger charge is -2.25. The zero-order valence-corrected chi connectivity index (χ0v) is 11.4. The van der Waals surface area contributed by atoms with E-state index in [1.54, 1.807) is 0 Å². The van der Waals surface area contributed by atoms with Crippen LogP contribution in [-0.4, -0.2) is 6.04 Å². The Kier molecular flexibility index (Phi) is 4.58. The zero-order valence-electron chi connectivity index (χ0n) is 9.82. The van der Waals surface area contributed by atoms with Gasteiger partial charge in [-0.3, -0.25) is 5.32 Å². The number of hydrogen-bond acceptors (Lipinski definition) is 2. The third-order valence-electron chi connectivity index (χ3n) is 3.35. The summed E-state index contributed by atoms with van der Waals surface area (Å²) in [6.45, 7) is 0. The van der Waals surface area contributed by atoms with E-state index in [9.17, 15) is 5.26 Å². The molecular formula is C14H17BrN2.